The van der Waals surface area contributed by atoms with E-state index in [0.717, 1.165) is 25.8 Å². The van der Waals surface area contributed by atoms with E-state index in [4.69, 9.17) is 0 Å². The van der Waals surface area contributed by atoms with Gasteiger partial charge in [0.1, 0.15) is 6.17 Å². The molecule has 4 unspecified atom stereocenters. The van der Waals surface area contributed by atoms with E-state index in [-0.39, 0.29) is 17.9 Å². The fraction of sp³-hybridized carbons (Fsp3) is 0.824. The lowest BCUT2D eigenvalue weighted by molar-refractivity contribution is -0.116. The Morgan fingerprint density at radius 2 is 2.00 bits per heavy atom. The lowest BCUT2D eigenvalue weighted by atomic mass is 9.72. The van der Waals surface area contributed by atoms with Crippen molar-refractivity contribution in [2.45, 2.75) is 57.0 Å². The summed E-state index contributed by atoms with van der Waals surface area (Å²) < 4.78 is 39.3. The first-order valence-corrected chi connectivity index (χ1v) is 9.60. The third-order valence-electron chi connectivity index (χ3n) is 6.03. The first kappa shape index (κ1) is 20.5. The molecule has 3 rings (SSSR count). The molecule has 0 radical (unpaired) electrons. The normalized spacial score (nSPS) is 38.1. The van der Waals surface area contributed by atoms with Gasteiger partial charge in [-0.2, -0.15) is 14.3 Å². The zero-order chi connectivity index (χ0) is 19.4. The molecule has 5 N–H and O–H groups in total. The number of hydrogen-bond acceptors (Lipinski definition) is 6. The van der Waals surface area contributed by atoms with Gasteiger partial charge in [-0.25, -0.2) is 15.2 Å². The highest BCUT2D eigenvalue weighted by Gasteiger charge is 2.42. The highest BCUT2D eigenvalue weighted by Crippen LogP contribution is 2.37. The molecular weight excluding hydrogens is 361 g/mol. The van der Waals surface area contributed by atoms with Crippen molar-refractivity contribution in [2.75, 3.05) is 13.1 Å². The number of halogens is 3. The number of carbonyl (C=O) groups excluding carboxylic acids is 1. The zero-order valence-electron chi connectivity index (χ0n) is 15.3. The fourth-order valence-corrected chi connectivity index (χ4v) is 4.50. The van der Waals surface area contributed by atoms with Crippen LogP contribution in [0.25, 0.3) is 0 Å². The van der Waals surface area contributed by atoms with Gasteiger partial charge in [0.2, 0.25) is 5.91 Å². The summed E-state index contributed by atoms with van der Waals surface area (Å²) in [7, 11) is 0. The molecule has 1 saturated carbocycles. The quantitative estimate of drug-likeness (QED) is 0.341. The number of rotatable bonds is 6. The van der Waals surface area contributed by atoms with E-state index in [0.29, 0.717) is 36.3 Å². The highest BCUT2D eigenvalue weighted by molar-refractivity contribution is 5.86. The Labute approximate surface area is 157 Å². The average Bonchev–Trinajstić information content (AvgIpc) is 3.17. The number of hydrogen-bond donors (Lipinski definition) is 5. The van der Waals surface area contributed by atoms with Crippen LogP contribution in [0.2, 0.25) is 0 Å². The molecule has 0 aromatic carbocycles. The van der Waals surface area contributed by atoms with Crippen LogP contribution in [0.5, 0.6) is 0 Å². The maximum absolute atomic E-state index is 13.5. The molecule has 0 bridgehead atoms. The van der Waals surface area contributed by atoms with Gasteiger partial charge in [0.25, 0.3) is 0 Å². The average molecular weight is 390 g/mol. The minimum atomic E-state index is -2.69. The van der Waals surface area contributed by atoms with Crippen LogP contribution in [0.3, 0.4) is 0 Å². The number of amides is 1. The van der Waals surface area contributed by atoms with Gasteiger partial charge in [-0.15, -0.1) is 5.12 Å². The molecule has 3 fully saturated rings. The van der Waals surface area contributed by atoms with Crippen LogP contribution in [-0.4, -0.2) is 49.0 Å². The van der Waals surface area contributed by atoms with Gasteiger partial charge in [0.15, 0.2) is 0 Å². The molecule has 4 atom stereocenters. The summed E-state index contributed by atoms with van der Waals surface area (Å²) in [4.78, 5) is 11.5. The maximum Gasteiger partial charge on any atom is 0.320 e. The molecule has 2 aliphatic heterocycles. The van der Waals surface area contributed by atoms with Crippen molar-refractivity contribution in [1.82, 2.24) is 32.1 Å². The van der Waals surface area contributed by atoms with Gasteiger partial charge in [-0.3, -0.25) is 4.79 Å². The summed E-state index contributed by atoms with van der Waals surface area (Å²) in [6.45, 7) is 1.92. The predicted octanol–water partition coefficient (Wildman–Crippen LogP) is 0.789. The van der Waals surface area contributed by atoms with Crippen LogP contribution >= 0.6 is 0 Å². The summed E-state index contributed by atoms with van der Waals surface area (Å²) in [6.07, 6.45) is 3.86. The van der Waals surface area contributed by atoms with Gasteiger partial charge < -0.3 is 10.6 Å². The molecule has 7 nitrogen and oxygen atoms in total. The van der Waals surface area contributed by atoms with Crippen molar-refractivity contribution in [2.24, 2.45) is 17.8 Å². The molecule has 1 amide bonds. The first-order chi connectivity index (χ1) is 13.0. The smallest absolute Gasteiger partial charge is 0.320 e. The molecule has 0 aromatic heterocycles. The molecule has 2 heterocycles. The number of nitrogens with zero attached hydrogens (tertiary/aromatic N) is 1. The minimum absolute atomic E-state index is 0.0341. The van der Waals surface area contributed by atoms with E-state index in [1.54, 1.807) is 0 Å². The van der Waals surface area contributed by atoms with Gasteiger partial charge in [0, 0.05) is 18.5 Å². The largest absolute Gasteiger partial charge is 0.351 e. The van der Waals surface area contributed by atoms with Crippen LogP contribution in [-0.2, 0) is 4.79 Å². The number of alkyl halides is 3. The summed E-state index contributed by atoms with van der Waals surface area (Å²) in [5, 5.41) is 6.90. The molecule has 3 aliphatic rings. The molecule has 1 aliphatic carbocycles. The van der Waals surface area contributed by atoms with Gasteiger partial charge in [0.05, 0.1) is 6.17 Å². The van der Waals surface area contributed by atoms with Crippen LogP contribution in [0.1, 0.15) is 32.1 Å². The summed E-state index contributed by atoms with van der Waals surface area (Å²) >= 11 is 0. The molecule has 154 valence electrons. The van der Waals surface area contributed by atoms with Crippen LogP contribution in [0.15, 0.2) is 12.7 Å². The molecule has 0 spiro atoms. The third kappa shape index (κ3) is 5.20. The fourth-order valence-electron chi connectivity index (χ4n) is 4.50. The Balaban J connectivity index is 1.64. The summed E-state index contributed by atoms with van der Waals surface area (Å²) in [5.74, 6) is 0.501. The maximum atomic E-state index is 13.5. The first-order valence-electron chi connectivity index (χ1n) is 9.60. The number of hydrazine groups is 3. The lowest BCUT2D eigenvalue weighted by Crippen LogP contribution is -2.59. The van der Waals surface area contributed by atoms with E-state index in [1.807, 2.05) is 0 Å². The minimum Gasteiger partial charge on any atom is -0.351 e. The van der Waals surface area contributed by atoms with Crippen LogP contribution in [0.4, 0.5) is 13.2 Å². The Morgan fingerprint density at radius 3 is 2.63 bits per heavy atom. The van der Waals surface area contributed by atoms with Gasteiger partial charge in [-0.05, 0) is 56.6 Å². The van der Waals surface area contributed by atoms with Crippen molar-refractivity contribution in [1.29, 1.82) is 0 Å². The second-order valence-corrected chi connectivity index (χ2v) is 7.65. The van der Waals surface area contributed by atoms with Crippen LogP contribution < -0.4 is 27.0 Å². The van der Waals surface area contributed by atoms with Crippen molar-refractivity contribution in [3.05, 3.63) is 12.7 Å². The molecule has 2 saturated heterocycles. The third-order valence-corrected chi connectivity index (χ3v) is 6.03. The monoisotopic (exact) mass is 390 g/mol. The Bertz CT molecular complexity index is 517. The van der Waals surface area contributed by atoms with E-state index < -0.39 is 18.9 Å². The van der Waals surface area contributed by atoms with E-state index >= 15 is 0 Å². The van der Waals surface area contributed by atoms with Crippen molar-refractivity contribution in [3.8, 4) is 0 Å². The van der Waals surface area contributed by atoms with Gasteiger partial charge >= 0.3 is 6.55 Å². The molecule has 27 heavy (non-hydrogen) atoms. The summed E-state index contributed by atoms with van der Waals surface area (Å²) in [6, 6.07) is -0.0768. The Kier molecular flexibility index (Phi) is 7.10. The predicted molar refractivity (Wildman–Crippen MR) is 94.5 cm³/mol. The molecular formula is C17H29F3N6O. The number of nitrogens with one attached hydrogen (secondary N) is 5. The second kappa shape index (κ2) is 9.33. The number of carbonyl (C=O) groups is 1. The van der Waals surface area contributed by atoms with Crippen LogP contribution in [0, 0.1) is 17.8 Å². The Hall–Kier alpha value is -1.20. The van der Waals surface area contributed by atoms with Gasteiger partial charge in [-0.1, -0.05) is 6.58 Å². The zero-order valence-corrected chi connectivity index (χ0v) is 15.3. The van der Waals surface area contributed by atoms with E-state index in [1.165, 1.54) is 6.08 Å². The van der Waals surface area contributed by atoms with E-state index in [2.05, 4.69) is 33.6 Å². The lowest BCUT2D eigenvalue weighted by Gasteiger charge is -2.43. The molecule has 0 aromatic rings. The second-order valence-electron chi connectivity index (χ2n) is 7.65. The Morgan fingerprint density at radius 1 is 1.26 bits per heavy atom. The van der Waals surface area contributed by atoms with Crippen molar-refractivity contribution < 1.29 is 18.0 Å². The SMILES string of the molecule is C=CC(=O)NCC1NCC(C2CCC(F)CC2)CC1C1NNN(C(F)F)N1. The van der Waals surface area contributed by atoms with E-state index in [9.17, 15) is 18.0 Å². The van der Waals surface area contributed by atoms with Crippen molar-refractivity contribution in [3.63, 3.8) is 0 Å². The highest BCUT2D eigenvalue weighted by atomic mass is 19.3. The van der Waals surface area contributed by atoms with Crippen molar-refractivity contribution >= 4 is 5.91 Å². The molecule has 10 heteroatoms. The topological polar surface area (TPSA) is 80.5 Å². The summed E-state index contributed by atoms with van der Waals surface area (Å²) in [5.41, 5.74) is 8.06. The number of piperidine rings is 1. The standard InChI is InChI=1S/C17H29F3N6O/c1-2-15(27)22-9-14-13(16-23-25-26(24-16)17(19)20)7-11(8-21-14)10-3-5-12(18)6-4-10/h2,10-14,16-17,21,23-25H,1,3-9H2,(H,22,27).